The van der Waals surface area contributed by atoms with Crippen molar-refractivity contribution in [3.63, 3.8) is 0 Å². The van der Waals surface area contributed by atoms with E-state index in [1.165, 1.54) is 12.0 Å². The molecule has 19 heavy (non-hydrogen) atoms. The van der Waals surface area contributed by atoms with Crippen molar-refractivity contribution >= 4 is 0 Å². The van der Waals surface area contributed by atoms with Gasteiger partial charge in [0.1, 0.15) is 0 Å². The third-order valence-corrected chi connectivity index (χ3v) is 4.18. The molecule has 2 nitrogen and oxygen atoms in total. The monoisotopic (exact) mass is 258 g/mol. The molecule has 1 fully saturated rings. The van der Waals surface area contributed by atoms with Crippen LogP contribution in [0.4, 0.5) is 0 Å². The summed E-state index contributed by atoms with van der Waals surface area (Å²) < 4.78 is 0. The molecule has 3 atom stereocenters. The van der Waals surface area contributed by atoms with E-state index in [9.17, 15) is 0 Å². The highest BCUT2D eigenvalue weighted by Crippen LogP contribution is 2.27. The molecule has 1 aromatic carbocycles. The van der Waals surface area contributed by atoms with Gasteiger partial charge in [-0.1, -0.05) is 43.3 Å². The Hall–Kier alpha value is -1.12. The van der Waals surface area contributed by atoms with Crippen LogP contribution in [0.2, 0.25) is 0 Å². The predicted octanol–water partition coefficient (Wildman–Crippen LogP) is 3.38. The van der Waals surface area contributed by atoms with E-state index in [0.29, 0.717) is 18.1 Å². The van der Waals surface area contributed by atoms with Gasteiger partial charge in [0.05, 0.1) is 0 Å². The second-order valence-corrected chi connectivity index (χ2v) is 5.51. The molecule has 2 heteroatoms. The van der Waals surface area contributed by atoms with E-state index >= 15 is 0 Å². The minimum Gasteiger partial charge on any atom is -0.311 e. The summed E-state index contributed by atoms with van der Waals surface area (Å²) in [6, 6.07) is 12.5. The number of benzene rings is 1. The van der Waals surface area contributed by atoms with Gasteiger partial charge < -0.3 is 5.32 Å². The zero-order valence-electron chi connectivity index (χ0n) is 12.2. The zero-order valence-corrected chi connectivity index (χ0v) is 12.2. The second kappa shape index (κ2) is 6.88. The summed E-state index contributed by atoms with van der Waals surface area (Å²) in [6.07, 6.45) is 4.29. The lowest BCUT2D eigenvalue weighted by Gasteiger charge is -2.43. The number of piperazine rings is 1. The Kier molecular flexibility index (Phi) is 5.17. The summed E-state index contributed by atoms with van der Waals surface area (Å²) in [5, 5.41) is 3.68. The lowest BCUT2D eigenvalue weighted by molar-refractivity contribution is 0.0885. The molecular weight excluding hydrogens is 232 g/mol. The van der Waals surface area contributed by atoms with Gasteiger partial charge in [0.2, 0.25) is 0 Å². The summed E-state index contributed by atoms with van der Waals surface area (Å²) in [4.78, 5) is 2.64. The first kappa shape index (κ1) is 14.3. The molecule has 0 amide bonds. The summed E-state index contributed by atoms with van der Waals surface area (Å²) in [7, 11) is 0. The Balaban J connectivity index is 2.17. The highest BCUT2D eigenvalue weighted by Gasteiger charge is 2.30. The van der Waals surface area contributed by atoms with Gasteiger partial charge in [-0.05, 0) is 25.3 Å². The first-order valence-electron chi connectivity index (χ1n) is 7.41. The van der Waals surface area contributed by atoms with Crippen LogP contribution in [-0.2, 0) is 0 Å². The topological polar surface area (TPSA) is 15.3 Å². The smallest absolute Gasteiger partial charge is 0.0476 e. The predicted molar refractivity (Wildman–Crippen MR) is 82.2 cm³/mol. The number of hydrogen-bond acceptors (Lipinski definition) is 2. The molecule has 1 heterocycles. The van der Waals surface area contributed by atoms with E-state index in [4.69, 9.17) is 0 Å². The van der Waals surface area contributed by atoms with Crippen molar-refractivity contribution in [3.05, 3.63) is 48.6 Å². The maximum absolute atomic E-state index is 3.89. The van der Waals surface area contributed by atoms with Crippen molar-refractivity contribution < 1.29 is 0 Å². The Morgan fingerprint density at radius 2 is 2.16 bits per heavy atom. The Morgan fingerprint density at radius 3 is 2.79 bits per heavy atom. The van der Waals surface area contributed by atoms with Crippen molar-refractivity contribution in [2.75, 3.05) is 13.1 Å². The van der Waals surface area contributed by atoms with Crippen molar-refractivity contribution in [1.29, 1.82) is 0 Å². The molecule has 1 aromatic rings. The maximum Gasteiger partial charge on any atom is 0.0476 e. The number of hydrogen-bond donors (Lipinski definition) is 1. The highest BCUT2D eigenvalue weighted by atomic mass is 15.3. The average Bonchev–Trinajstić information content (AvgIpc) is 2.47. The number of nitrogens with one attached hydrogen (secondary N) is 1. The van der Waals surface area contributed by atoms with E-state index in [-0.39, 0.29) is 0 Å². The van der Waals surface area contributed by atoms with Crippen LogP contribution in [0.3, 0.4) is 0 Å². The van der Waals surface area contributed by atoms with Gasteiger partial charge in [0, 0.05) is 31.2 Å². The number of nitrogens with zero attached hydrogens (tertiary/aromatic N) is 1. The average molecular weight is 258 g/mol. The Morgan fingerprint density at radius 1 is 1.42 bits per heavy atom. The van der Waals surface area contributed by atoms with Gasteiger partial charge in [-0.2, -0.15) is 0 Å². The van der Waals surface area contributed by atoms with Gasteiger partial charge in [0.25, 0.3) is 0 Å². The van der Waals surface area contributed by atoms with Crippen LogP contribution in [0.1, 0.15) is 38.3 Å². The van der Waals surface area contributed by atoms with Crippen LogP contribution in [0.25, 0.3) is 0 Å². The van der Waals surface area contributed by atoms with Gasteiger partial charge in [0.15, 0.2) is 0 Å². The van der Waals surface area contributed by atoms with Crippen molar-refractivity contribution in [3.8, 4) is 0 Å². The fraction of sp³-hybridized carbons (Fsp3) is 0.529. The SMILES string of the molecule is C=CCC(C)N1CC(CC)NCC1c1ccccc1. The van der Waals surface area contributed by atoms with Crippen LogP contribution in [-0.4, -0.2) is 30.1 Å². The van der Waals surface area contributed by atoms with Crippen molar-refractivity contribution in [1.82, 2.24) is 10.2 Å². The molecule has 0 saturated carbocycles. The fourth-order valence-corrected chi connectivity index (χ4v) is 2.96. The van der Waals surface area contributed by atoms with Crippen LogP contribution < -0.4 is 5.32 Å². The first-order chi connectivity index (χ1) is 9.26. The molecule has 0 aromatic heterocycles. The minimum atomic E-state index is 0.485. The van der Waals surface area contributed by atoms with E-state index in [1.54, 1.807) is 0 Å². The molecule has 0 bridgehead atoms. The molecule has 0 spiro atoms. The zero-order chi connectivity index (χ0) is 13.7. The highest BCUT2D eigenvalue weighted by molar-refractivity contribution is 5.20. The van der Waals surface area contributed by atoms with Crippen molar-refractivity contribution in [2.45, 2.75) is 44.8 Å². The molecular formula is C17H26N2. The Bertz CT molecular complexity index is 388. The molecule has 2 rings (SSSR count). The lowest BCUT2D eigenvalue weighted by atomic mass is 9.97. The quantitative estimate of drug-likeness (QED) is 0.815. The maximum atomic E-state index is 3.89. The summed E-state index contributed by atoms with van der Waals surface area (Å²) >= 11 is 0. The van der Waals surface area contributed by atoms with Crippen LogP contribution >= 0.6 is 0 Å². The molecule has 1 saturated heterocycles. The van der Waals surface area contributed by atoms with E-state index in [1.807, 2.05) is 6.08 Å². The molecule has 1 N–H and O–H groups in total. The normalized spacial score (nSPS) is 26.0. The summed E-state index contributed by atoms with van der Waals surface area (Å²) in [5.74, 6) is 0. The minimum absolute atomic E-state index is 0.485. The van der Waals surface area contributed by atoms with E-state index in [0.717, 1.165) is 19.5 Å². The van der Waals surface area contributed by atoms with Gasteiger partial charge in [-0.15, -0.1) is 6.58 Å². The van der Waals surface area contributed by atoms with E-state index < -0.39 is 0 Å². The largest absolute Gasteiger partial charge is 0.311 e. The number of rotatable bonds is 5. The van der Waals surface area contributed by atoms with Crippen molar-refractivity contribution in [2.24, 2.45) is 0 Å². The lowest BCUT2D eigenvalue weighted by Crippen LogP contribution is -2.54. The molecule has 1 aliphatic rings. The molecule has 0 radical (unpaired) electrons. The summed E-state index contributed by atoms with van der Waals surface area (Å²) in [6.45, 7) is 10.6. The first-order valence-corrected chi connectivity index (χ1v) is 7.41. The second-order valence-electron chi connectivity index (χ2n) is 5.51. The molecule has 0 aliphatic carbocycles. The van der Waals surface area contributed by atoms with E-state index in [2.05, 4.69) is 61.0 Å². The third kappa shape index (κ3) is 3.46. The van der Waals surface area contributed by atoms with Crippen LogP contribution in [0.5, 0.6) is 0 Å². The standard InChI is InChI=1S/C17H26N2/c1-4-9-14(3)19-13-16(5-2)18-12-17(19)15-10-7-6-8-11-15/h4,6-8,10-11,14,16-18H,1,5,9,12-13H2,2-3H3. The Labute approximate surface area is 117 Å². The van der Waals surface area contributed by atoms with Gasteiger partial charge >= 0.3 is 0 Å². The summed E-state index contributed by atoms with van der Waals surface area (Å²) in [5.41, 5.74) is 1.42. The molecule has 1 aliphatic heterocycles. The van der Waals surface area contributed by atoms with Gasteiger partial charge in [-0.3, -0.25) is 4.90 Å². The van der Waals surface area contributed by atoms with Crippen LogP contribution in [0, 0.1) is 0 Å². The molecule has 3 unspecified atom stereocenters. The molecule has 104 valence electrons. The third-order valence-electron chi connectivity index (χ3n) is 4.18. The van der Waals surface area contributed by atoms with Gasteiger partial charge in [-0.25, -0.2) is 0 Å². The van der Waals surface area contributed by atoms with Crippen LogP contribution in [0.15, 0.2) is 43.0 Å². The fourth-order valence-electron chi connectivity index (χ4n) is 2.96.